The molecule has 20 heavy (non-hydrogen) atoms. The third-order valence-electron chi connectivity index (χ3n) is 2.90. The monoisotopic (exact) mass is 290 g/mol. The lowest BCUT2D eigenvalue weighted by molar-refractivity contribution is 0.279. The molecule has 0 saturated carbocycles. The second kappa shape index (κ2) is 16.8. The van der Waals surface area contributed by atoms with E-state index in [1.807, 2.05) is 0 Å². The van der Waals surface area contributed by atoms with Crippen molar-refractivity contribution in [1.82, 2.24) is 21.3 Å². The molecule has 0 heterocycles. The van der Waals surface area contributed by atoms with Crippen molar-refractivity contribution in [2.75, 3.05) is 65.5 Å². The Kier molecular flexibility index (Phi) is 16.5. The Morgan fingerprint density at radius 2 is 1.30 bits per heavy atom. The van der Waals surface area contributed by atoms with E-state index in [4.69, 9.17) is 16.6 Å². The van der Waals surface area contributed by atoms with E-state index >= 15 is 0 Å². The Labute approximate surface area is 123 Å². The quantitative estimate of drug-likeness (QED) is 0.156. The van der Waals surface area contributed by atoms with Gasteiger partial charge in [0.15, 0.2) is 0 Å². The van der Waals surface area contributed by atoms with Crippen molar-refractivity contribution < 1.29 is 5.11 Å². The van der Waals surface area contributed by atoms with Crippen molar-refractivity contribution in [3.05, 3.63) is 0 Å². The predicted octanol–water partition coefficient (Wildman–Crippen LogP) is -2.60. The van der Waals surface area contributed by atoms with E-state index in [0.29, 0.717) is 6.54 Å². The molecule has 7 nitrogen and oxygen atoms in total. The molecule has 0 aliphatic heterocycles. The Bertz CT molecular complexity index is 184. The average Bonchev–Trinajstić information content (AvgIpc) is 2.46. The van der Waals surface area contributed by atoms with Gasteiger partial charge in [-0.25, -0.2) is 0 Å². The topological polar surface area (TPSA) is 120 Å². The lowest BCUT2D eigenvalue weighted by Crippen LogP contribution is -2.39. The van der Waals surface area contributed by atoms with E-state index in [2.05, 4.69) is 21.3 Å². The van der Waals surface area contributed by atoms with Crippen molar-refractivity contribution in [2.45, 2.75) is 18.9 Å². The minimum atomic E-state index is 0.143. The van der Waals surface area contributed by atoms with Crippen molar-refractivity contribution in [2.24, 2.45) is 11.5 Å². The Hall–Kier alpha value is -0.280. The second-order valence-electron chi connectivity index (χ2n) is 4.87. The van der Waals surface area contributed by atoms with Crippen molar-refractivity contribution in [3.8, 4) is 0 Å². The minimum absolute atomic E-state index is 0.143. The fraction of sp³-hybridized carbons (Fsp3) is 1.00. The zero-order chi connectivity index (χ0) is 14.9. The maximum Gasteiger partial charge on any atom is 0.0431 e. The first-order chi connectivity index (χ1) is 9.81. The molecule has 0 radical (unpaired) electrons. The molecule has 0 rings (SSSR count). The summed E-state index contributed by atoms with van der Waals surface area (Å²) >= 11 is 0. The molecule has 0 aliphatic carbocycles. The number of hydrogen-bond acceptors (Lipinski definition) is 7. The third kappa shape index (κ3) is 15.8. The van der Waals surface area contributed by atoms with Crippen LogP contribution < -0.4 is 32.7 Å². The maximum atomic E-state index is 8.69. The molecule has 1 unspecified atom stereocenters. The fourth-order valence-electron chi connectivity index (χ4n) is 1.75. The summed E-state index contributed by atoms with van der Waals surface area (Å²) in [7, 11) is 0. The summed E-state index contributed by atoms with van der Waals surface area (Å²) in [5.74, 6) is 0. The van der Waals surface area contributed by atoms with E-state index < -0.39 is 0 Å². The number of hydrogen-bond donors (Lipinski definition) is 7. The number of nitrogens with one attached hydrogen (secondary N) is 4. The van der Waals surface area contributed by atoms with Gasteiger partial charge in [-0.2, -0.15) is 0 Å². The highest BCUT2D eigenvalue weighted by atomic mass is 16.2. The van der Waals surface area contributed by atoms with Gasteiger partial charge in [0.1, 0.15) is 0 Å². The SMILES string of the molecule is NCCNCCNCCNCCNCC(N)CCCO. The van der Waals surface area contributed by atoms with Gasteiger partial charge in [0.25, 0.3) is 0 Å². The highest BCUT2D eigenvalue weighted by molar-refractivity contribution is 4.65. The highest BCUT2D eigenvalue weighted by Crippen LogP contribution is 1.90. The van der Waals surface area contributed by atoms with Gasteiger partial charge in [-0.3, -0.25) is 0 Å². The zero-order valence-corrected chi connectivity index (χ0v) is 12.7. The molecule has 0 spiro atoms. The highest BCUT2D eigenvalue weighted by Gasteiger charge is 2.00. The lowest BCUT2D eigenvalue weighted by Gasteiger charge is -2.12. The van der Waals surface area contributed by atoms with Crippen molar-refractivity contribution in [3.63, 3.8) is 0 Å². The fourth-order valence-corrected chi connectivity index (χ4v) is 1.75. The van der Waals surface area contributed by atoms with Gasteiger partial charge in [-0.05, 0) is 12.8 Å². The van der Waals surface area contributed by atoms with Crippen LogP contribution in [0.1, 0.15) is 12.8 Å². The van der Waals surface area contributed by atoms with Crippen molar-refractivity contribution in [1.29, 1.82) is 0 Å². The third-order valence-corrected chi connectivity index (χ3v) is 2.90. The molecule has 0 saturated heterocycles. The van der Waals surface area contributed by atoms with E-state index in [1.54, 1.807) is 0 Å². The maximum absolute atomic E-state index is 8.69. The molecule has 0 aliphatic rings. The van der Waals surface area contributed by atoms with Gasteiger partial charge in [0.05, 0.1) is 0 Å². The van der Waals surface area contributed by atoms with Crippen molar-refractivity contribution >= 4 is 0 Å². The predicted molar refractivity (Wildman–Crippen MR) is 84.8 cm³/mol. The number of aliphatic hydroxyl groups excluding tert-OH is 1. The Morgan fingerprint density at radius 1 is 0.800 bits per heavy atom. The Balaban J connectivity index is 3.02. The molecule has 9 N–H and O–H groups in total. The first-order valence-corrected chi connectivity index (χ1v) is 7.70. The molecular formula is C13H34N6O. The van der Waals surface area contributed by atoms with Crippen LogP contribution in [0.2, 0.25) is 0 Å². The van der Waals surface area contributed by atoms with Crippen LogP contribution in [0.3, 0.4) is 0 Å². The lowest BCUT2D eigenvalue weighted by atomic mass is 10.2. The molecule has 0 aromatic rings. The van der Waals surface area contributed by atoms with Gasteiger partial charge in [-0.1, -0.05) is 0 Å². The molecule has 1 atom stereocenters. The van der Waals surface area contributed by atoms with E-state index in [-0.39, 0.29) is 12.6 Å². The van der Waals surface area contributed by atoms with Crippen LogP contribution in [0.5, 0.6) is 0 Å². The van der Waals surface area contributed by atoms with Crippen LogP contribution in [0.25, 0.3) is 0 Å². The van der Waals surface area contributed by atoms with E-state index in [9.17, 15) is 0 Å². The minimum Gasteiger partial charge on any atom is -0.396 e. The molecule has 122 valence electrons. The van der Waals surface area contributed by atoms with Gasteiger partial charge in [0, 0.05) is 71.6 Å². The first kappa shape index (κ1) is 19.7. The summed E-state index contributed by atoms with van der Waals surface area (Å²) < 4.78 is 0. The molecule has 7 heteroatoms. The number of nitrogens with two attached hydrogens (primary N) is 2. The number of aliphatic hydroxyl groups is 1. The van der Waals surface area contributed by atoms with E-state index in [1.165, 1.54) is 0 Å². The molecule has 0 aromatic carbocycles. The summed E-state index contributed by atoms with van der Waals surface area (Å²) in [6.07, 6.45) is 1.66. The van der Waals surface area contributed by atoms with Crippen LogP contribution in [-0.4, -0.2) is 76.7 Å². The van der Waals surface area contributed by atoms with Crippen LogP contribution in [0.15, 0.2) is 0 Å². The van der Waals surface area contributed by atoms with Gasteiger partial charge in [-0.15, -0.1) is 0 Å². The van der Waals surface area contributed by atoms with Gasteiger partial charge < -0.3 is 37.8 Å². The van der Waals surface area contributed by atoms with Gasteiger partial charge >= 0.3 is 0 Å². The van der Waals surface area contributed by atoms with Crippen LogP contribution in [0, 0.1) is 0 Å². The summed E-state index contributed by atoms with van der Waals surface area (Å²) in [4.78, 5) is 0. The molecule has 0 amide bonds. The average molecular weight is 290 g/mol. The molecular weight excluding hydrogens is 256 g/mol. The van der Waals surface area contributed by atoms with Crippen LogP contribution in [0.4, 0.5) is 0 Å². The van der Waals surface area contributed by atoms with Crippen LogP contribution in [-0.2, 0) is 0 Å². The summed E-state index contributed by atoms with van der Waals surface area (Å²) in [5.41, 5.74) is 11.2. The normalized spacial score (nSPS) is 12.8. The Morgan fingerprint density at radius 3 is 1.80 bits per heavy atom. The largest absolute Gasteiger partial charge is 0.396 e. The molecule has 0 aromatic heterocycles. The van der Waals surface area contributed by atoms with E-state index in [0.717, 1.165) is 65.2 Å². The van der Waals surface area contributed by atoms with Crippen LogP contribution >= 0.6 is 0 Å². The molecule has 0 fully saturated rings. The smallest absolute Gasteiger partial charge is 0.0431 e. The zero-order valence-electron chi connectivity index (χ0n) is 12.7. The molecule has 0 bridgehead atoms. The first-order valence-electron chi connectivity index (χ1n) is 7.70. The van der Waals surface area contributed by atoms with Gasteiger partial charge in [0.2, 0.25) is 0 Å². The second-order valence-corrected chi connectivity index (χ2v) is 4.87. The standard InChI is InChI=1S/C13H34N6O/c14-3-4-16-5-6-17-7-8-18-9-10-19-12-13(15)2-1-11-20/h13,16-20H,1-12,14-15H2. The summed E-state index contributed by atoms with van der Waals surface area (Å²) in [6.45, 7) is 8.35. The number of rotatable bonds is 16. The summed E-state index contributed by atoms with van der Waals surface area (Å²) in [6, 6.07) is 0.143. The summed E-state index contributed by atoms with van der Waals surface area (Å²) in [5, 5.41) is 21.9.